The van der Waals surface area contributed by atoms with Crippen LogP contribution in [0.5, 0.6) is 0 Å². The second kappa shape index (κ2) is 8.15. The van der Waals surface area contributed by atoms with Crippen LogP contribution in [0, 0.1) is 27.7 Å². The van der Waals surface area contributed by atoms with Crippen molar-refractivity contribution in [2.24, 2.45) is 7.05 Å². The number of hydrogen-bond donors (Lipinski definition) is 0. The van der Waals surface area contributed by atoms with Crippen LogP contribution < -0.4 is 4.90 Å². The van der Waals surface area contributed by atoms with E-state index in [0.717, 1.165) is 68.0 Å². The Hall–Kier alpha value is -2.03. The number of ether oxygens (including phenoxy) is 1. The van der Waals surface area contributed by atoms with E-state index in [-0.39, 0.29) is 0 Å². The molecule has 8 heteroatoms. The van der Waals surface area contributed by atoms with E-state index in [9.17, 15) is 0 Å². The summed E-state index contributed by atoms with van der Waals surface area (Å²) in [7, 11) is 2.04. The zero-order valence-electron chi connectivity index (χ0n) is 19.2. The van der Waals surface area contributed by atoms with Crippen LogP contribution in [0.2, 0.25) is 0 Å². The first kappa shape index (κ1) is 20.8. The van der Waals surface area contributed by atoms with E-state index < -0.39 is 0 Å². The molecule has 3 aromatic rings. The Morgan fingerprint density at radius 2 is 1.84 bits per heavy atom. The third-order valence-corrected chi connectivity index (χ3v) is 8.05. The lowest BCUT2D eigenvalue weighted by atomic mass is 10.0. The molecule has 31 heavy (non-hydrogen) atoms. The molecule has 5 heterocycles. The molecule has 0 saturated carbocycles. The summed E-state index contributed by atoms with van der Waals surface area (Å²) >= 11 is 1.80. The Morgan fingerprint density at radius 1 is 1.06 bits per heavy atom. The highest BCUT2D eigenvalue weighted by molar-refractivity contribution is 7.18. The molecule has 166 valence electrons. The van der Waals surface area contributed by atoms with E-state index in [1.54, 1.807) is 11.3 Å². The largest absolute Gasteiger partial charge is 0.379 e. The summed E-state index contributed by atoms with van der Waals surface area (Å²) in [6.07, 6.45) is 2.31. The van der Waals surface area contributed by atoms with Crippen molar-refractivity contribution in [3.05, 3.63) is 33.2 Å². The smallest absolute Gasteiger partial charge is 0.146 e. The van der Waals surface area contributed by atoms with Crippen LogP contribution in [-0.2, 0) is 18.3 Å². The van der Waals surface area contributed by atoms with Crippen LogP contribution >= 0.6 is 11.3 Å². The van der Waals surface area contributed by atoms with Crippen molar-refractivity contribution in [2.45, 2.75) is 53.1 Å². The lowest BCUT2D eigenvalue weighted by Crippen LogP contribution is -2.36. The minimum absolute atomic E-state index is 0.322. The highest BCUT2D eigenvalue weighted by Crippen LogP contribution is 2.43. The average molecular weight is 441 g/mol. The standard InChI is InChI=1S/C23H32N6OS/c1-14-17(4)31-23-20(14)22(24-19(25-23)13-28-9-11-30-12-10-28)29-8-6-7-18(29)21-15(2)26-27(5)16(21)3/h18H,6-13H2,1-5H3. The van der Waals surface area contributed by atoms with Gasteiger partial charge in [0.05, 0.1) is 36.9 Å². The van der Waals surface area contributed by atoms with Crippen molar-refractivity contribution >= 4 is 27.4 Å². The van der Waals surface area contributed by atoms with Gasteiger partial charge in [-0.1, -0.05) is 0 Å². The molecule has 5 rings (SSSR count). The van der Waals surface area contributed by atoms with E-state index in [1.807, 2.05) is 11.7 Å². The maximum absolute atomic E-state index is 5.52. The molecule has 7 nitrogen and oxygen atoms in total. The number of rotatable bonds is 4. The second-order valence-electron chi connectivity index (χ2n) is 8.87. The number of fused-ring (bicyclic) bond motifs is 1. The van der Waals surface area contributed by atoms with Gasteiger partial charge < -0.3 is 9.64 Å². The minimum atomic E-state index is 0.322. The minimum Gasteiger partial charge on any atom is -0.379 e. The van der Waals surface area contributed by atoms with Crippen LogP contribution in [-0.4, -0.2) is 57.5 Å². The molecular weight excluding hydrogens is 408 g/mol. The van der Waals surface area contributed by atoms with Gasteiger partial charge in [-0.3, -0.25) is 9.58 Å². The van der Waals surface area contributed by atoms with Gasteiger partial charge in [0.1, 0.15) is 16.5 Å². The van der Waals surface area contributed by atoms with Crippen LogP contribution in [0.4, 0.5) is 5.82 Å². The van der Waals surface area contributed by atoms with E-state index >= 15 is 0 Å². The van der Waals surface area contributed by atoms with Gasteiger partial charge in [-0.2, -0.15) is 5.10 Å². The van der Waals surface area contributed by atoms with Gasteiger partial charge in [-0.05, 0) is 46.1 Å². The van der Waals surface area contributed by atoms with E-state index in [0.29, 0.717) is 6.04 Å². The van der Waals surface area contributed by atoms with Crippen molar-refractivity contribution in [2.75, 3.05) is 37.7 Å². The molecule has 1 unspecified atom stereocenters. The highest BCUT2D eigenvalue weighted by atomic mass is 32.1. The van der Waals surface area contributed by atoms with E-state index in [2.05, 4.69) is 37.5 Å². The number of aromatic nitrogens is 4. The summed E-state index contributed by atoms with van der Waals surface area (Å²) in [5.41, 5.74) is 5.07. The Bertz CT molecular complexity index is 1110. The van der Waals surface area contributed by atoms with Crippen molar-refractivity contribution in [1.82, 2.24) is 24.6 Å². The monoisotopic (exact) mass is 440 g/mol. The Labute approximate surface area is 188 Å². The summed E-state index contributed by atoms with van der Waals surface area (Å²) in [5.74, 6) is 2.04. The highest BCUT2D eigenvalue weighted by Gasteiger charge is 2.33. The fourth-order valence-electron chi connectivity index (χ4n) is 5.10. The molecule has 0 amide bonds. The molecule has 0 N–H and O–H groups in total. The third kappa shape index (κ3) is 3.64. The van der Waals surface area contributed by atoms with E-state index in [4.69, 9.17) is 19.8 Å². The maximum atomic E-state index is 5.52. The first-order chi connectivity index (χ1) is 14.9. The predicted octanol–water partition coefficient (Wildman–Crippen LogP) is 3.83. The summed E-state index contributed by atoms with van der Waals surface area (Å²) < 4.78 is 7.54. The third-order valence-electron chi connectivity index (χ3n) is 6.95. The molecule has 0 spiro atoms. The van der Waals surface area contributed by atoms with Crippen molar-refractivity contribution < 1.29 is 4.74 Å². The van der Waals surface area contributed by atoms with Gasteiger partial charge in [-0.15, -0.1) is 11.3 Å². The van der Waals surface area contributed by atoms with Gasteiger partial charge in [-0.25, -0.2) is 9.97 Å². The van der Waals surface area contributed by atoms with Crippen LogP contribution in [0.15, 0.2) is 0 Å². The SMILES string of the molecule is Cc1nn(C)c(C)c1C1CCCN1c1nc(CN2CCOCC2)nc2sc(C)c(C)c12. The molecule has 0 radical (unpaired) electrons. The number of aryl methyl sites for hydroxylation is 4. The van der Waals surface area contributed by atoms with Gasteiger partial charge in [0.15, 0.2) is 0 Å². The van der Waals surface area contributed by atoms with E-state index in [1.165, 1.54) is 33.5 Å². The summed E-state index contributed by atoms with van der Waals surface area (Å²) in [6.45, 7) is 14.0. The van der Waals surface area contributed by atoms with Gasteiger partial charge in [0.25, 0.3) is 0 Å². The van der Waals surface area contributed by atoms with Crippen molar-refractivity contribution in [3.63, 3.8) is 0 Å². The molecule has 2 saturated heterocycles. The zero-order chi connectivity index (χ0) is 21.7. The fraction of sp³-hybridized carbons (Fsp3) is 0.609. The molecule has 2 aliphatic heterocycles. The Balaban J connectivity index is 1.60. The first-order valence-corrected chi connectivity index (χ1v) is 12.1. The lowest BCUT2D eigenvalue weighted by molar-refractivity contribution is 0.0331. The maximum Gasteiger partial charge on any atom is 0.146 e. The average Bonchev–Trinajstić information content (AvgIpc) is 3.39. The fourth-order valence-corrected chi connectivity index (χ4v) is 6.14. The molecule has 0 bridgehead atoms. The van der Waals surface area contributed by atoms with Crippen LogP contribution in [0.25, 0.3) is 10.2 Å². The Morgan fingerprint density at radius 3 is 2.55 bits per heavy atom. The number of thiophene rings is 1. The van der Waals surface area contributed by atoms with Gasteiger partial charge in [0.2, 0.25) is 0 Å². The number of morpholine rings is 1. The van der Waals surface area contributed by atoms with Crippen LogP contribution in [0.3, 0.4) is 0 Å². The van der Waals surface area contributed by atoms with Crippen molar-refractivity contribution in [3.8, 4) is 0 Å². The molecule has 0 aromatic carbocycles. The number of hydrogen-bond acceptors (Lipinski definition) is 7. The molecular formula is C23H32N6OS. The summed E-state index contributed by atoms with van der Waals surface area (Å²) in [5, 5.41) is 5.94. The topological polar surface area (TPSA) is 59.3 Å². The molecule has 0 aliphatic carbocycles. The lowest BCUT2D eigenvalue weighted by Gasteiger charge is -2.29. The Kier molecular flexibility index (Phi) is 5.48. The molecule has 2 fully saturated rings. The zero-order valence-corrected chi connectivity index (χ0v) is 20.1. The second-order valence-corrected chi connectivity index (χ2v) is 10.1. The quantitative estimate of drug-likeness (QED) is 0.615. The molecule has 3 aromatic heterocycles. The van der Waals surface area contributed by atoms with Crippen molar-refractivity contribution in [1.29, 1.82) is 0 Å². The normalized spacial score (nSPS) is 20.3. The predicted molar refractivity (Wildman–Crippen MR) is 125 cm³/mol. The number of nitrogens with zero attached hydrogens (tertiary/aromatic N) is 6. The first-order valence-electron chi connectivity index (χ1n) is 11.3. The number of anilines is 1. The van der Waals surface area contributed by atoms with Gasteiger partial charge >= 0.3 is 0 Å². The van der Waals surface area contributed by atoms with Gasteiger partial charge in [0, 0.05) is 42.8 Å². The molecule has 2 aliphatic rings. The summed E-state index contributed by atoms with van der Waals surface area (Å²) in [6, 6.07) is 0.322. The summed E-state index contributed by atoms with van der Waals surface area (Å²) in [4.78, 5) is 17.6. The van der Waals surface area contributed by atoms with Crippen LogP contribution in [0.1, 0.15) is 52.1 Å². The molecule has 1 atom stereocenters.